The van der Waals surface area contributed by atoms with Crippen molar-refractivity contribution in [2.45, 2.75) is 32.2 Å². The third-order valence-electron chi connectivity index (χ3n) is 5.19. The van der Waals surface area contributed by atoms with Gasteiger partial charge in [0.25, 0.3) is 0 Å². The van der Waals surface area contributed by atoms with Crippen molar-refractivity contribution in [2.75, 3.05) is 24.2 Å². The number of hydrogen-bond acceptors (Lipinski definition) is 5. The third-order valence-corrected chi connectivity index (χ3v) is 7.04. The highest BCUT2D eigenvalue weighted by atomic mass is 32.2. The lowest BCUT2D eigenvalue weighted by atomic mass is 9.99. The molecule has 0 unspecified atom stereocenters. The molecule has 1 atom stereocenters. The summed E-state index contributed by atoms with van der Waals surface area (Å²) in [5, 5.41) is 8.04. The van der Waals surface area contributed by atoms with Crippen molar-refractivity contribution < 1.29 is 8.42 Å². The number of nitrogens with one attached hydrogen (secondary N) is 1. The van der Waals surface area contributed by atoms with Crippen LogP contribution in [-0.2, 0) is 16.6 Å². The summed E-state index contributed by atoms with van der Waals surface area (Å²) < 4.78 is 27.8. The molecule has 8 heteroatoms. The van der Waals surface area contributed by atoms with Crippen molar-refractivity contribution in [3.8, 4) is 0 Å². The van der Waals surface area contributed by atoms with Gasteiger partial charge in [0, 0.05) is 25.6 Å². The molecule has 3 heterocycles. The summed E-state index contributed by atoms with van der Waals surface area (Å²) in [7, 11) is -3.17. The van der Waals surface area contributed by atoms with Gasteiger partial charge >= 0.3 is 0 Å². The van der Waals surface area contributed by atoms with Crippen molar-refractivity contribution in [1.29, 1.82) is 0 Å². The maximum Gasteiger partial charge on any atom is 0.213 e. The number of rotatable bonds is 6. The van der Waals surface area contributed by atoms with Crippen LogP contribution in [0.3, 0.4) is 0 Å². The van der Waals surface area contributed by atoms with Gasteiger partial charge in [0.05, 0.1) is 17.6 Å². The standard InChI is InChI=1S/C20H25N5O2S/c1-2-28(26,27)24-12-6-9-17(14-24)20-22-19-11-10-18(15-25(19)23-20)21-13-16-7-4-3-5-8-16/h3-5,7-8,10-11,15,17,21H,2,6,9,12-14H2,1H3/t17-/m1/s1. The molecule has 0 amide bonds. The molecule has 1 aliphatic rings. The van der Waals surface area contributed by atoms with E-state index >= 15 is 0 Å². The van der Waals surface area contributed by atoms with Crippen molar-refractivity contribution in [2.24, 2.45) is 0 Å². The van der Waals surface area contributed by atoms with Gasteiger partial charge in [0.2, 0.25) is 10.0 Å². The smallest absolute Gasteiger partial charge is 0.213 e. The molecule has 3 aromatic rings. The number of benzene rings is 1. The Kier molecular flexibility index (Phi) is 5.32. The Morgan fingerprint density at radius 1 is 1.18 bits per heavy atom. The first-order valence-corrected chi connectivity index (χ1v) is 11.3. The van der Waals surface area contributed by atoms with E-state index in [1.54, 1.807) is 15.7 Å². The highest BCUT2D eigenvalue weighted by Crippen LogP contribution is 2.27. The van der Waals surface area contributed by atoms with Crippen LogP contribution >= 0.6 is 0 Å². The van der Waals surface area contributed by atoms with Crippen LogP contribution in [0.25, 0.3) is 5.65 Å². The Bertz CT molecular complexity index is 1050. The molecule has 4 rings (SSSR count). The Labute approximate surface area is 165 Å². The number of pyridine rings is 1. The Morgan fingerprint density at radius 2 is 2.00 bits per heavy atom. The van der Waals surface area contributed by atoms with E-state index < -0.39 is 10.0 Å². The minimum Gasteiger partial charge on any atom is -0.380 e. The Hall–Kier alpha value is -2.45. The first-order valence-electron chi connectivity index (χ1n) is 9.67. The maximum atomic E-state index is 12.2. The van der Waals surface area contributed by atoms with Crippen LogP contribution in [0.5, 0.6) is 0 Å². The fourth-order valence-electron chi connectivity index (χ4n) is 3.57. The molecule has 7 nitrogen and oxygen atoms in total. The van der Waals surface area contributed by atoms with Crippen LogP contribution in [0, 0.1) is 0 Å². The van der Waals surface area contributed by atoms with Crippen LogP contribution in [-0.4, -0.2) is 46.2 Å². The van der Waals surface area contributed by atoms with Crippen LogP contribution in [0.1, 0.15) is 37.1 Å². The zero-order valence-corrected chi connectivity index (χ0v) is 16.8. The molecule has 1 fully saturated rings. The molecular formula is C20H25N5O2S. The SMILES string of the molecule is CCS(=O)(=O)N1CCC[C@@H](c2nc3ccc(NCc4ccccc4)cn3n2)C1. The summed E-state index contributed by atoms with van der Waals surface area (Å²) in [4.78, 5) is 4.64. The van der Waals surface area contributed by atoms with Gasteiger partial charge < -0.3 is 5.32 Å². The van der Waals surface area contributed by atoms with Crippen LogP contribution in [0.2, 0.25) is 0 Å². The summed E-state index contributed by atoms with van der Waals surface area (Å²) >= 11 is 0. The number of hydrogen-bond donors (Lipinski definition) is 1. The molecule has 148 valence electrons. The molecule has 0 aliphatic carbocycles. The summed E-state index contributed by atoms with van der Waals surface area (Å²) in [6.45, 7) is 3.48. The predicted octanol–water partition coefficient (Wildman–Crippen LogP) is 2.87. The van der Waals surface area contributed by atoms with Crippen LogP contribution in [0.15, 0.2) is 48.7 Å². The number of aromatic nitrogens is 3. The summed E-state index contributed by atoms with van der Waals surface area (Å²) in [6.07, 6.45) is 3.67. The predicted molar refractivity (Wildman–Crippen MR) is 110 cm³/mol. The molecule has 2 aromatic heterocycles. The van der Waals surface area contributed by atoms with Gasteiger partial charge in [-0.3, -0.25) is 0 Å². The molecule has 0 bridgehead atoms. The molecule has 0 saturated carbocycles. The number of fused-ring (bicyclic) bond motifs is 1. The van der Waals surface area contributed by atoms with Gasteiger partial charge in [0.15, 0.2) is 11.5 Å². The summed E-state index contributed by atoms with van der Waals surface area (Å²) in [6, 6.07) is 14.1. The molecule has 1 saturated heterocycles. The van der Waals surface area contributed by atoms with Crippen LogP contribution in [0.4, 0.5) is 5.69 Å². The number of piperidine rings is 1. The third kappa shape index (κ3) is 4.02. The molecule has 28 heavy (non-hydrogen) atoms. The minimum absolute atomic E-state index is 0.0377. The van der Waals surface area contributed by atoms with Crippen molar-refractivity contribution in [3.63, 3.8) is 0 Å². The number of sulfonamides is 1. The second-order valence-electron chi connectivity index (χ2n) is 7.13. The maximum absolute atomic E-state index is 12.2. The minimum atomic E-state index is -3.17. The highest BCUT2D eigenvalue weighted by Gasteiger charge is 2.30. The molecule has 1 aromatic carbocycles. The molecule has 0 spiro atoms. The van der Waals surface area contributed by atoms with Crippen molar-refractivity contribution >= 4 is 21.4 Å². The van der Waals surface area contributed by atoms with Gasteiger partial charge in [-0.25, -0.2) is 22.2 Å². The summed E-state index contributed by atoms with van der Waals surface area (Å²) in [5.74, 6) is 0.890. The second kappa shape index (κ2) is 7.89. The van der Waals surface area contributed by atoms with Gasteiger partial charge in [-0.15, -0.1) is 0 Å². The number of anilines is 1. The van der Waals surface area contributed by atoms with E-state index in [-0.39, 0.29) is 11.7 Å². The van der Waals surface area contributed by atoms with Gasteiger partial charge in [-0.05, 0) is 37.5 Å². The quantitative estimate of drug-likeness (QED) is 0.689. The fraction of sp³-hybridized carbons (Fsp3) is 0.400. The van der Waals surface area contributed by atoms with E-state index in [1.165, 1.54) is 5.56 Å². The highest BCUT2D eigenvalue weighted by molar-refractivity contribution is 7.89. The van der Waals surface area contributed by atoms with Crippen LogP contribution < -0.4 is 5.32 Å². The Balaban J connectivity index is 1.50. The topological polar surface area (TPSA) is 79.6 Å². The normalized spacial score (nSPS) is 18.4. The molecule has 1 N–H and O–H groups in total. The first kappa shape index (κ1) is 18.9. The molecule has 1 aliphatic heterocycles. The van der Waals surface area contributed by atoms with E-state index in [0.717, 1.165) is 36.5 Å². The van der Waals surface area contributed by atoms with Gasteiger partial charge in [-0.1, -0.05) is 30.3 Å². The lowest BCUT2D eigenvalue weighted by Gasteiger charge is -2.30. The largest absolute Gasteiger partial charge is 0.380 e. The van der Waals surface area contributed by atoms with E-state index in [4.69, 9.17) is 0 Å². The van der Waals surface area contributed by atoms with E-state index in [1.807, 2.05) is 36.5 Å². The summed E-state index contributed by atoms with van der Waals surface area (Å²) in [5.41, 5.74) is 2.95. The number of nitrogens with zero attached hydrogens (tertiary/aromatic N) is 4. The zero-order chi connectivity index (χ0) is 19.6. The van der Waals surface area contributed by atoms with E-state index in [9.17, 15) is 8.42 Å². The van der Waals surface area contributed by atoms with Crippen molar-refractivity contribution in [1.82, 2.24) is 18.9 Å². The monoisotopic (exact) mass is 399 g/mol. The van der Waals surface area contributed by atoms with E-state index in [2.05, 4.69) is 27.5 Å². The molecule has 0 radical (unpaired) electrons. The average molecular weight is 400 g/mol. The van der Waals surface area contributed by atoms with Crippen molar-refractivity contribution in [3.05, 3.63) is 60.0 Å². The van der Waals surface area contributed by atoms with Gasteiger partial charge in [-0.2, -0.15) is 5.10 Å². The molecular weight excluding hydrogens is 374 g/mol. The Morgan fingerprint density at radius 3 is 2.79 bits per heavy atom. The zero-order valence-electron chi connectivity index (χ0n) is 16.0. The fourth-order valence-corrected chi connectivity index (χ4v) is 4.75. The lowest BCUT2D eigenvalue weighted by molar-refractivity contribution is 0.309. The lowest BCUT2D eigenvalue weighted by Crippen LogP contribution is -2.40. The van der Waals surface area contributed by atoms with Gasteiger partial charge in [0.1, 0.15) is 0 Å². The second-order valence-corrected chi connectivity index (χ2v) is 9.39. The average Bonchev–Trinajstić information content (AvgIpc) is 3.16. The first-order chi connectivity index (χ1) is 13.5. The van der Waals surface area contributed by atoms with E-state index in [0.29, 0.717) is 13.1 Å².